The van der Waals surface area contributed by atoms with Crippen LogP contribution in [0.2, 0.25) is 0 Å². The van der Waals surface area contributed by atoms with Crippen LogP contribution in [0.25, 0.3) is 0 Å². The Kier molecular flexibility index (Phi) is 6.11. The summed E-state index contributed by atoms with van der Waals surface area (Å²) >= 11 is 3.57. The number of carbonyl (C=O) groups is 1. The Balaban J connectivity index is 1.43. The standard InChI is InChI=1S/C28H25BrFN3O5/c1-37-23-14-17(13-20(29)25(23)38-15-16-6-4-7-18(30)12-16)24-22-10-5-11-32(22)28(26(24)33(35)36)19-8-2-3-9-21(19)31-27(28)34/h2-4,6-9,12-14,22,24,26H,5,10-11,15H2,1H3,(H,31,34)/t22-,24+,26+,28+/m0/s1. The van der Waals surface area contributed by atoms with E-state index in [1.54, 1.807) is 24.3 Å². The minimum atomic E-state index is -1.39. The van der Waals surface area contributed by atoms with Gasteiger partial charge in [0.05, 0.1) is 17.5 Å². The number of hydrogen-bond acceptors (Lipinski definition) is 6. The Labute approximate surface area is 227 Å². The monoisotopic (exact) mass is 581 g/mol. The molecule has 1 spiro atoms. The van der Waals surface area contributed by atoms with Crippen molar-refractivity contribution in [1.29, 1.82) is 0 Å². The Morgan fingerprint density at radius 2 is 2.03 bits per heavy atom. The van der Waals surface area contributed by atoms with Crippen LogP contribution in [0.3, 0.4) is 0 Å². The van der Waals surface area contributed by atoms with Crippen LogP contribution in [0.4, 0.5) is 10.1 Å². The Bertz CT molecular complexity index is 1450. The van der Waals surface area contributed by atoms with E-state index in [9.17, 15) is 19.3 Å². The first kappa shape index (κ1) is 24.8. The van der Waals surface area contributed by atoms with Crippen molar-refractivity contribution in [2.24, 2.45) is 0 Å². The number of nitro groups is 1. The van der Waals surface area contributed by atoms with Gasteiger partial charge in [0.25, 0.3) is 11.9 Å². The Hall–Kier alpha value is -3.50. The highest BCUT2D eigenvalue weighted by Crippen LogP contribution is 2.58. The molecule has 196 valence electrons. The second-order valence-electron chi connectivity index (χ2n) is 9.88. The number of amides is 1. The van der Waals surface area contributed by atoms with Crippen LogP contribution < -0.4 is 14.8 Å². The highest BCUT2D eigenvalue weighted by molar-refractivity contribution is 9.10. The second-order valence-corrected chi connectivity index (χ2v) is 10.7. The number of nitrogens with one attached hydrogen (secondary N) is 1. The molecule has 3 aliphatic rings. The number of ether oxygens (including phenoxy) is 2. The summed E-state index contributed by atoms with van der Waals surface area (Å²) < 4.78 is 25.8. The lowest BCUT2D eigenvalue weighted by molar-refractivity contribution is -0.534. The highest BCUT2D eigenvalue weighted by Gasteiger charge is 2.73. The van der Waals surface area contributed by atoms with Gasteiger partial charge in [-0.15, -0.1) is 0 Å². The quantitative estimate of drug-likeness (QED) is 0.316. The second kappa shape index (κ2) is 9.36. The third-order valence-corrected chi connectivity index (χ3v) is 8.59. The maximum absolute atomic E-state index is 13.6. The normalized spacial score (nSPS) is 25.8. The van der Waals surface area contributed by atoms with Gasteiger partial charge in [0, 0.05) is 28.8 Å². The third-order valence-electron chi connectivity index (χ3n) is 8.00. The molecule has 0 saturated carbocycles. The molecule has 0 bridgehead atoms. The van der Waals surface area contributed by atoms with Gasteiger partial charge in [-0.2, -0.15) is 0 Å². The molecule has 1 amide bonds. The van der Waals surface area contributed by atoms with E-state index in [4.69, 9.17) is 9.47 Å². The summed E-state index contributed by atoms with van der Waals surface area (Å²) in [7, 11) is 1.50. The van der Waals surface area contributed by atoms with Crippen LogP contribution in [0.5, 0.6) is 11.5 Å². The van der Waals surface area contributed by atoms with Crippen molar-refractivity contribution >= 4 is 27.5 Å². The number of rotatable bonds is 6. The molecule has 0 radical (unpaired) electrons. The van der Waals surface area contributed by atoms with Crippen molar-refractivity contribution in [3.05, 3.63) is 97.8 Å². The van der Waals surface area contributed by atoms with Crippen LogP contribution in [-0.2, 0) is 16.9 Å². The van der Waals surface area contributed by atoms with E-state index < -0.39 is 17.5 Å². The summed E-state index contributed by atoms with van der Waals surface area (Å²) in [5.74, 6) is -0.456. The summed E-state index contributed by atoms with van der Waals surface area (Å²) in [6.07, 6.45) is 1.58. The number of fused-ring (bicyclic) bond motifs is 4. The molecule has 2 fully saturated rings. The van der Waals surface area contributed by atoms with E-state index in [0.717, 1.165) is 12.8 Å². The van der Waals surface area contributed by atoms with Crippen molar-refractivity contribution in [3.8, 4) is 11.5 Å². The first-order valence-electron chi connectivity index (χ1n) is 12.4. The number of anilines is 1. The summed E-state index contributed by atoms with van der Waals surface area (Å²) in [5, 5.41) is 15.7. The molecule has 3 aromatic rings. The molecule has 1 N–H and O–H groups in total. The van der Waals surface area contributed by atoms with Crippen molar-refractivity contribution < 1.29 is 23.6 Å². The SMILES string of the molecule is COc1cc([C@@H]2[C@@H]3CCCN3[C@@]3(C(=O)Nc4ccccc43)[C@@H]2[N+](=O)[O-])cc(Br)c1OCc1cccc(F)c1. The molecule has 4 atom stereocenters. The van der Waals surface area contributed by atoms with Gasteiger partial charge < -0.3 is 14.8 Å². The Morgan fingerprint density at radius 1 is 1.21 bits per heavy atom. The van der Waals surface area contributed by atoms with Gasteiger partial charge in [0.2, 0.25) is 0 Å². The fourth-order valence-electron chi connectivity index (χ4n) is 6.63. The van der Waals surface area contributed by atoms with Crippen LogP contribution in [-0.4, -0.2) is 41.5 Å². The lowest BCUT2D eigenvalue weighted by Gasteiger charge is -2.32. The maximum atomic E-state index is 13.6. The van der Waals surface area contributed by atoms with Gasteiger partial charge in [0.1, 0.15) is 12.4 Å². The number of para-hydroxylation sites is 1. The molecule has 38 heavy (non-hydrogen) atoms. The smallest absolute Gasteiger partial charge is 0.256 e. The van der Waals surface area contributed by atoms with Crippen molar-refractivity contribution in [1.82, 2.24) is 4.90 Å². The molecule has 2 saturated heterocycles. The molecule has 0 unspecified atom stereocenters. The van der Waals surface area contributed by atoms with Crippen molar-refractivity contribution in [2.75, 3.05) is 19.0 Å². The zero-order valence-electron chi connectivity index (χ0n) is 20.5. The minimum absolute atomic E-state index is 0.115. The van der Waals surface area contributed by atoms with Crippen molar-refractivity contribution in [3.63, 3.8) is 0 Å². The molecule has 10 heteroatoms. The number of carbonyl (C=O) groups excluding carboxylic acids is 1. The predicted molar refractivity (Wildman–Crippen MR) is 141 cm³/mol. The van der Waals surface area contributed by atoms with E-state index in [-0.39, 0.29) is 29.3 Å². The van der Waals surface area contributed by atoms with Gasteiger partial charge in [0.15, 0.2) is 17.0 Å². The molecule has 0 aliphatic carbocycles. The molecule has 3 aromatic carbocycles. The van der Waals surface area contributed by atoms with E-state index in [1.807, 2.05) is 29.2 Å². The average Bonchev–Trinajstić information content (AvgIpc) is 3.56. The highest BCUT2D eigenvalue weighted by atomic mass is 79.9. The molecular weight excluding hydrogens is 557 g/mol. The van der Waals surface area contributed by atoms with Gasteiger partial charge in [-0.25, -0.2) is 4.39 Å². The molecule has 8 nitrogen and oxygen atoms in total. The zero-order valence-corrected chi connectivity index (χ0v) is 22.1. The van der Waals surface area contributed by atoms with E-state index in [1.165, 1.54) is 19.2 Å². The lowest BCUT2D eigenvalue weighted by Crippen LogP contribution is -2.55. The van der Waals surface area contributed by atoms with Crippen LogP contribution in [0.15, 0.2) is 65.1 Å². The molecular formula is C28H25BrFN3O5. The summed E-state index contributed by atoms with van der Waals surface area (Å²) in [6, 6.07) is 15.6. The van der Waals surface area contributed by atoms with E-state index in [2.05, 4.69) is 21.2 Å². The molecule has 3 heterocycles. The largest absolute Gasteiger partial charge is 0.493 e. The fraction of sp³-hybridized carbons (Fsp3) is 0.321. The summed E-state index contributed by atoms with van der Waals surface area (Å²) in [4.78, 5) is 28.2. The minimum Gasteiger partial charge on any atom is -0.493 e. The van der Waals surface area contributed by atoms with Gasteiger partial charge in [-0.3, -0.25) is 19.8 Å². The summed E-state index contributed by atoms with van der Waals surface area (Å²) in [6.45, 7) is 0.712. The van der Waals surface area contributed by atoms with Crippen LogP contribution >= 0.6 is 15.9 Å². The molecule has 0 aromatic heterocycles. The molecule has 6 rings (SSSR count). The maximum Gasteiger partial charge on any atom is 0.256 e. The number of benzene rings is 3. The lowest BCUT2D eigenvalue weighted by atomic mass is 9.77. The molecule has 3 aliphatic heterocycles. The Morgan fingerprint density at radius 3 is 2.79 bits per heavy atom. The summed E-state index contributed by atoms with van der Waals surface area (Å²) in [5.41, 5.74) is 1.23. The number of halogens is 2. The number of methoxy groups -OCH3 is 1. The predicted octanol–water partition coefficient (Wildman–Crippen LogP) is 5.23. The number of nitrogens with zero attached hydrogens (tertiary/aromatic N) is 2. The fourth-order valence-corrected chi connectivity index (χ4v) is 7.20. The first-order chi connectivity index (χ1) is 18.4. The van der Waals surface area contributed by atoms with Crippen LogP contribution in [0, 0.1) is 15.9 Å². The van der Waals surface area contributed by atoms with Crippen molar-refractivity contribution in [2.45, 2.75) is 43.0 Å². The number of hydrogen-bond donors (Lipinski definition) is 1. The first-order valence-corrected chi connectivity index (χ1v) is 13.2. The van der Waals surface area contributed by atoms with E-state index in [0.29, 0.717) is 44.9 Å². The zero-order chi connectivity index (χ0) is 26.6. The van der Waals surface area contributed by atoms with E-state index >= 15 is 0 Å². The average molecular weight is 582 g/mol. The van der Waals surface area contributed by atoms with Gasteiger partial charge in [-0.05, 0) is 70.2 Å². The van der Waals surface area contributed by atoms with Crippen LogP contribution in [0.1, 0.15) is 35.4 Å². The van der Waals surface area contributed by atoms with Gasteiger partial charge >= 0.3 is 0 Å². The topological polar surface area (TPSA) is 93.9 Å². The van der Waals surface area contributed by atoms with Gasteiger partial charge in [-0.1, -0.05) is 30.3 Å². The third kappa shape index (κ3) is 3.61.